The highest BCUT2D eigenvalue weighted by atomic mass is 35.5. The van der Waals surface area contributed by atoms with Crippen LogP contribution in [0.25, 0.3) is 0 Å². The van der Waals surface area contributed by atoms with Crippen LogP contribution in [0.1, 0.15) is 33.0 Å². The summed E-state index contributed by atoms with van der Waals surface area (Å²) in [5.74, 6) is 1.00. The number of rotatable bonds is 7. The Kier molecular flexibility index (Phi) is 5.63. The van der Waals surface area contributed by atoms with Crippen molar-refractivity contribution in [1.29, 1.82) is 0 Å². The zero-order valence-corrected chi connectivity index (χ0v) is 12.7. The van der Waals surface area contributed by atoms with E-state index >= 15 is 0 Å². The average molecular weight is 273 g/mol. The van der Waals surface area contributed by atoms with Crippen molar-refractivity contribution >= 4 is 11.6 Å². The molecular weight excluding hydrogens is 248 g/mol. The largest absolute Gasteiger partial charge is 0.330 e. The summed E-state index contributed by atoms with van der Waals surface area (Å²) in [5, 5.41) is 0.680. The molecule has 0 radical (unpaired) electrons. The summed E-state index contributed by atoms with van der Waals surface area (Å²) in [7, 11) is 1.95. The van der Waals surface area contributed by atoms with Gasteiger partial charge in [0.15, 0.2) is 0 Å². The third kappa shape index (κ3) is 4.26. The Morgan fingerprint density at radius 1 is 1.50 bits per heavy atom. The number of aromatic nitrogens is 2. The first-order valence-corrected chi connectivity index (χ1v) is 6.86. The van der Waals surface area contributed by atoms with E-state index in [9.17, 15) is 0 Å². The van der Waals surface area contributed by atoms with Crippen LogP contribution < -0.4 is 5.73 Å². The van der Waals surface area contributed by atoms with Gasteiger partial charge in [-0.1, -0.05) is 32.4 Å². The van der Waals surface area contributed by atoms with E-state index in [-0.39, 0.29) is 5.41 Å². The molecule has 0 unspecified atom stereocenters. The van der Waals surface area contributed by atoms with Crippen molar-refractivity contribution in [2.75, 3.05) is 19.6 Å². The second-order valence-corrected chi connectivity index (χ2v) is 6.02. The molecule has 0 aliphatic carbocycles. The molecule has 1 aromatic rings. The molecule has 1 aromatic heterocycles. The van der Waals surface area contributed by atoms with Crippen molar-refractivity contribution in [2.24, 2.45) is 18.2 Å². The van der Waals surface area contributed by atoms with E-state index in [0.29, 0.717) is 11.7 Å². The van der Waals surface area contributed by atoms with Gasteiger partial charge in [0.1, 0.15) is 11.0 Å². The predicted molar refractivity (Wildman–Crippen MR) is 76.6 cm³/mol. The van der Waals surface area contributed by atoms with Gasteiger partial charge in [-0.2, -0.15) is 0 Å². The zero-order valence-electron chi connectivity index (χ0n) is 11.9. The molecule has 1 rings (SSSR count). The molecule has 0 aliphatic rings. The van der Waals surface area contributed by atoms with Gasteiger partial charge >= 0.3 is 0 Å². The van der Waals surface area contributed by atoms with E-state index in [1.165, 1.54) is 0 Å². The maximum Gasteiger partial charge on any atom is 0.128 e. The molecule has 0 amide bonds. The van der Waals surface area contributed by atoms with E-state index in [1.54, 1.807) is 6.20 Å². The van der Waals surface area contributed by atoms with E-state index < -0.39 is 0 Å². The first kappa shape index (κ1) is 15.5. The van der Waals surface area contributed by atoms with Crippen molar-refractivity contribution in [3.63, 3.8) is 0 Å². The van der Waals surface area contributed by atoms with Crippen LogP contribution in [-0.4, -0.2) is 34.1 Å². The number of halogens is 1. The molecule has 0 saturated heterocycles. The van der Waals surface area contributed by atoms with Crippen LogP contribution in [0.15, 0.2) is 6.20 Å². The molecule has 5 heteroatoms. The van der Waals surface area contributed by atoms with Crippen molar-refractivity contribution in [1.82, 2.24) is 14.5 Å². The van der Waals surface area contributed by atoms with E-state index in [2.05, 4.69) is 30.7 Å². The first-order chi connectivity index (χ1) is 8.39. The van der Waals surface area contributed by atoms with Crippen molar-refractivity contribution in [3.05, 3.63) is 17.2 Å². The molecule has 0 saturated carbocycles. The smallest absolute Gasteiger partial charge is 0.128 e. The highest BCUT2D eigenvalue weighted by Gasteiger charge is 2.21. The summed E-state index contributed by atoms with van der Waals surface area (Å²) in [6.07, 6.45) is 2.83. The zero-order chi connectivity index (χ0) is 13.8. The van der Waals surface area contributed by atoms with Crippen molar-refractivity contribution in [2.45, 2.75) is 33.7 Å². The summed E-state index contributed by atoms with van der Waals surface area (Å²) in [5.41, 5.74) is 5.94. The first-order valence-electron chi connectivity index (χ1n) is 6.48. The fraction of sp³-hybridized carbons (Fsp3) is 0.769. The minimum atomic E-state index is 0.129. The van der Waals surface area contributed by atoms with Crippen LogP contribution in [0.5, 0.6) is 0 Å². The molecular formula is C13H25ClN4. The Labute approximate surface area is 115 Å². The van der Waals surface area contributed by atoms with Crippen LogP contribution in [0, 0.1) is 5.41 Å². The monoisotopic (exact) mass is 272 g/mol. The van der Waals surface area contributed by atoms with Gasteiger partial charge in [0.25, 0.3) is 0 Å². The summed E-state index contributed by atoms with van der Waals surface area (Å²) in [4.78, 5) is 6.75. The van der Waals surface area contributed by atoms with E-state index in [1.807, 2.05) is 11.6 Å². The topological polar surface area (TPSA) is 47.1 Å². The Hall–Kier alpha value is -0.580. The fourth-order valence-electron chi connectivity index (χ4n) is 1.97. The third-order valence-corrected chi connectivity index (χ3v) is 3.49. The SMILES string of the molecule is CCCN(Cc1ncc(Cl)n1C)CC(C)(C)CN. The number of nitrogens with zero attached hydrogens (tertiary/aromatic N) is 3. The molecule has 0 atom stereocenters. The minimum absolute atomic E-state index is 0.129. The summed E-state index contributed by atoms with van der Waals surface area (Å²) in [6, 6.07) is 0. The quantitative estimate of drug-likeness (QED) is 0.828. The summed E-state index contributed by atoms with van der Waals surface area (Å²) < 4.78 is 1.93. The van der Waals surface area contributed by atoms with Gasteiger partial charge in [-0.25, -0.2) is 4.98 Å². The summed E-state index contributed by atoms with van der Waals surface area (Å²) in [6.45, 7) is 10.1. The number of hydrogen-bond acceptors (Lipinski definition) is 3. The highest BCUT2D eigenvalue weighted by Crippen LogP contribution is 2.18. The summed E-state index contributed by atoms with van der Waals surface area (Å²) >= 11 is 6.01. The highest BCUT2D eigenvalue weighted by molar-refractivity contribution is 6.29. The lowest BCUT2D eigenvalue weighted by atomic mass is 9.93. The van der Waals surface area contributed by atoms with Crippen LogP contribution >= 0.6 is 11.6 Å². The second-order valence-electron chi connectivity index (χ2n) is 5.64. The Balaban J connectivity index is 2.71. The van der Waals surface area contributed by atoms with Crippen molar-refractivity contribution < 1.29 is 0 Å². The Morgan fingerprint density at radius 3 is 2.61 bits per heavy atom. The van der Waals surface area contributed by atoms with Gasteiger partial charge in [-0.05, 0) is 24.9 Å². The van der Waals surface area contributed by atoms with Crippen LogP contribution in [-0.2, 0) is 13.6 Å². The lowest BCUT2D eigenvalue weighted by Crippen LogP contribution is -2.39. The molecule has 0 spiro atoms. The number of imidazole rings is 1. The van der Waals surface area contributed by atoms with Gasteiger partial charge in [0.05, 0.1) is 12.7 Å². The van der Waals surface area contributed by atoms with Crippen LogP contribution in [0.3, 0.4) is 0 Å². The Morgan fingerprint density at radius 2 is 2.17 bits per heavy atom. The van der Waals surface area contributed by atoms with Gasteiger partial charge in [0, 0.05) is 13.6 Å². The Bertz CT molecular complexity index is 373. The van der Waals surface area contributed by atoms with E-state index in [0.717, 1.165) is 31.9 Å². The molecule has 0 fully saturated rings. The van der Waals surface area contributed by atoms with Crippen LogP contribution in [0.4, 0.5) is 0 Å². The number of nitrogens with two attached hydrogens (primary N) is 1. The second kappa shape index (κ2) is 6.55. The molecule has 18 heavy (non-hydrogen) atoms. The molecule has 2 N–H and O–H groups in total. The maximum atomic E-state index is 6.01. The maximum absolute atomic E-state index is 6.01. The molecule has 0 aliphatic heterocycles. The predicted octanol–water partition coefficient (Wildman–Crippen LogP) is 2.27. The molecule has 0 bridgehead atoms. The van der Waals surface area contributed by atoms with Gasteiger partial charge in [-0.3, -0.25) is 4.90 Å². The lowest BCUT2D eigenvalue weighted by molar-refractivity contribution is 0.171. The van der Waals surface area contributed by atoms with Gasteiger partial charge in [-0.15, -0.1) is 0 Å². The molecule has 0 aromatic carbocycles. The normalized spacial score (nSPS) is 12.4. The third-order valence-electron chi connectivity index (χ3n) is 3.14. The molecule has 104 valence electrons. The lowest BCUT2D eigenvalue weighted by Gasteiger charge is -2.31. The van der Waals surface area contributed by atoms with Crippen LogP contribution in [0.2, 0.25) is 5.15 Å². The minimum Gasteiger partial charge on any atom is -0.330 e. The number of hydrogen-bond donors (Lipinski definition) is 1. The average Bonchev–Trinajstić information content (AvgIpc) is 2.61. The fourth-order valence-corrected chi connectivity index (χ4v) is 2.12. The molecule has 4 nitrogen and oxygen atoms in total. The van der Waals surface area contributed by atoms with Gasteiger partial charge < -0.3 is 10.3 Å². The standard InChI is InChI=1S/C13H25ClN4/c1-5-6-18(10-13(2,3)9-15)8-12-16-7-11(14)17(12)4/h7H,5-6,8-10,15H2,1-4H3. The van der Waals surface area contributed by atoms with Crippen molar-refractivity contribution in [3.8, 4) is 0 Å². The van der Waals surface area contributed by atoms with Gasteiger partial charge in [0.2, 0.25) is 0 Å². The molecule has 1 heterocycles. The van der Waals surface area contributed by atoms with E-state index in [4.69, 9.17) is 17.3 Å².